The summed E-state index contributed by atoms with van der Waals surface area (Å²) >= 11 is 0. The number of hydrogen-bond donors (Lipinski definition) is 0. The number of nitrogens with zero attached hydrogens (tertiary/aromatic N) is 2. The molecule has 53 heavy (non-hydrogen) atoms. The maximum Gasteiger partial charge on any atom is 0.0973 e. The van der Waals surface area contributed by atoms with E-state index in [1.807, 2.05) is 6.08 Å². The fraction of sp³-hybridized carbons (Fsp3) is 0.0588. The molecule has 0 amide bonds. The smallest absolute Gasteiger partial charge is 0.0973 e. The first-order valence-corrected chi connectivity index (χ1v) is 18.1. The Morgan fingerprint density at radius 2 is 0.472 bits per heavy atom. The van der Waals surface area contributed by atoms with Crippen LogP contribution >= 0.6 is 0 Å². The molecule has 2 heteroatoms. The molecule has 0 unspecified atom stereocenters. The Morgan fingerprint density at radius 1 is 0.283 bits per heavy atom. The highest BCUT2D eigenvalue weighted by Crippen LogP contribution is 2.39. The quantitative estimate of drug-likeness (QED) is 0.160. The van der Waals surface area contributed by atoms with Crippen molar-refractivity contribution in [2.75, 3.05) is 0 Å². The molecule has 8 rings (SSSR count). The van der Waals surface area contributed by atoms with Crippen molar-refractivity contribution >= 4 is 6.08 Å². The molecule has 0 atom stereocenters. The van der Waals surface area contributed by atoms with Crippen LogP contribution in [0.1, 0.15) is 22.3 Å². The Kier molecular flexibility index (Phi) is 9.19. The van der Waals surface area contributed by atoms with Gasteiger partial charge < -0.3 is 0 Å². The van der Waals surface area contributed by atoms with Gasteiger partial charge in [-0.3, -0.25) is 0 Å². The molecular formula is C51H40N2. The van der Waals surface area contributed by atoms with E-state index in [-0.39, 0.29) is 0 Å². The average Bonchev–Trinajstić information content (AvgIpc) is 3.21. The normalized spacial score (nSPS) is 11.0. The molecule has 0 radical (unpaired) electrons. The second kappa shape index (κ2) is 14.5. The monoisotopic (exact) mass is 680 g/mol. The van der Waals surface area contributed by atoms with Crippen LogP contribution in [0.2, 0.25) is 0 Å². The largest absolute Gasteiger partial charge is 0.243 e. The standard InChI is InChI=1S/C51H40N2/c1-5-37-12-20-44(21-13-37)48-49(45-28-22-41(23-29-45)38-14-6-34(2)7-15-38)53-51(47-32-26-43(27-33-47)40-18-10-36(4)11-19-40)50(52-48)46-30-24-42(25-31-46)39-16-8-35(3)9-17-39/h5-33H,1H2,2-4H3. The van der Waals surface area contributed by atoms with Crippen LogP contribution < -0.4 is 0 Å². The van der Waals surface area contributed by atoms with Crippen LogP contribution in [0.3, 0.4) is 0 Å². The molecule has 1 aromatic heterocycles. The molecule has 1 heterocycles. The molecular weight excluding hydrogens is 641 g/mol. The molecule has 0 spiro atoms. The van der Waals surface area contributed by atoms with Crippen molar-refractivity contribution in [1.29, 1.82) is 0 Å². The summed E-state index contributed by atoms with van der Waals surface area (Å²) < 4.78 is 0. The lowest BCUT2D eigenvalue weighted by Gasteiger charge is -2.17. The van der Waals surface area contributed by atoms with Gasteiger partial charge >= 0.3 is 0 Å². The Labute approximate surface area is 312 Å². The Bertz CT molecular complexity index is 2510. The van der Waals surface area contributed by atoms with E-state index in [0.717, 1.165) is 67.3 Å². The van der Waals surface area contributed by atoms with Gasteiger partial charge in [0.05, 0.1) is 22.8 Å². The summed E-state index contributed by atoms with van der Waals surface area (Å²) in [6.45, 7) is 10.3. The van der Waals surface area contributed by atoms with E-state index in [1.54, 1.807) is 0 Å². The molecule has 0 aliphatic heterocycles. The predicted molar refractivity (Wildman–Crippen MR) is 224 cm³/mol. The zero-order chi connectivity index (χ0) is 36.3. The van der Waals surface area contributed by atoms with E-state index >= 15 is 0 Å². The van der Waals surface area contributed by atoms with Crippen molar-refractivity contribution in [3.05, 3.63) is 199 Å². The van der Waals surface area contributed by atoms with Crippen LogP contribution in [0.25, 0.3) is 84.5 Å². The lowest BCUT2D eigenvalue weighted by atomic mass is 9.95. The predicted octanol–water partition coefficient (Wildman–Crippen LogP) is 13.7. The Hall–Kier alpha value is -6.64. The van der Waals surface area contributed by atoms with Crippen LogP contribution in [-0.4, -0.2) is 9.97 Å². The summed E-state index contributed by atoms with van der Waals surface area (Å²) in [6.07, 6.45) is 1.87. The van der Waals surface area contributed by atoms with Gasteiger partial charge in [0.25, 0.3) is 0 Å². The molecule has 0 N–H and O–H groups in total. The van der Waals surface area contributed by atoms with E-state index in [9.17, 15) is 0 Å². The highest BCUT2D eigenvalue weighted by Gasteiger charge is 2.20. The van der Waals surface area contributed by atoms with Gasteiger partial charge in [0.15, 0.2) is 0 Å². The minimum Gasteiger partial charge on any atom is -0.243 e. The molecule has 7 aromatic carbocycles. The molecule has 0 aliphatic rings. The molecule has 0 fully saturated rings. The van der Waals surface area contributed by atoms with Crippen molar-refractivity contribution in [2.24, 2.45) is 0 Å². The number of aryl methyl sites for hydroxylation is 3. The summed E-state index contributed by atoms with van der Waals surface area (Å²) in [5.74, 6) is 0. The third kappa shape index (κ3) is 7.13. The third-order valence-electron chi connectivity index (χ3n) is 9.95. The van der Waals surface area contributed by atoms with Gasteiger partial charge in [0, 0.05) is 22.3 Å². The average molecular weight is 681 g/mol. The number of benzene rings is 7. The Balaban J connectivity index is 1.30. The van der Waals surface area contributed by atoms with Gasteiger partial charge in [0.1, 0.15) is 0 Å². The van der Waals surface area contributed by atoms with E-state index in [2.05, 4.69) is 197 Å². The van der Waals surface area contributed by atoms with Gasteiger partial charge in [-0.25, -0.2) is 9.97 Å². The highest BCUT2D eigenvalue weighted by atomic mass is 14.9. The third-order valence-corrected chi connectivity index (χ3v) is 9.95. The van der Waals surface area contributed by atoms with Crippen molar-refractivity contribution in [2.45, 2.75) is 20.8 Å². The SMILES string of the molecule is C=Cc1ccc(-c2nc(-c3ccc(-c4ccc(C)cc4)cc3)c(-c3ccc(-c4ccc(C)cc4)cc3)nc2-c2ccc(-c3ccc(C)cc3)cc2)cc1. The number of rotatable bonds is 8. The van der Waals surface area contributed by atoms with Crippen molar-refractivity contribution in [3.63, 3.8) is 0 Å². The number of hydrogen-bond acceptors (Lipinski definition) is 2. The van der Waals surface area contributed by atoms with E-state index < -0.39 is 0 Å². The zero-order valence-electron chi connectivity index (χ0n) is 30.3. The second-order valence-electron chi connectivity index (χ2n) is 13.8. The summed E-state index contributed by atoms with van der Waals surface area (Å²) in [4.78, 5) is 11.1. The van der Waals surface area contributed by atoms with Crippen molar-refractivity contribution < 1.29 is 0 Å². The van der Waals surface area contributed by atoms with Gasteiger partial charge in [-0.2, -0.15) is 0 Å². The van der Waals surface area contributed by atoms with Crippen LogP contribution in [0.15, 0.2) is 176 Å². The molecule has 254 valence electrons. The molecule has 0 aliphatic carbocycles. The van der Waals surface area contributed by atoms with Gasteiger partial charge in [-0.1, -0.05) is 199 Å². The van der Waals surface area contributed by atoms with Crippen molar-refractivity contribution in [1.82, 2.24) is 9.97 Å². The summed E-state index contributed by atoms with van der Waals surface area (Å²) in [7, 11) is 0. The van der Waals surface area contributed by atoms with Crippen LogP contribution in [0.4, 0.5) is 0 Å². The van der Waals surface area contributed by atoms with Gasteiger partial charge in [-0.05, 0) is 59.7 Å². The first-order valence-electron chi connectivity index (χ1n) is 18.1. The van der Waals surface area contributed by atoms with Crippen LogP contribution in [-0.2, 0) is 0 Å². The molecule has 8 aromatic rings. The first-order chi connectivity index (χ1) is 25.9. The van der Waals surface area contributed by atoms with E-state index in [4.69, 9.17) is 9.97 Å². The lowest BCUT2D eigenvalue weighted by Crippen LogP contribution is -2.01. The molecule has 0 saturated carbocycles. The maximum atomic E-state index is 5.54. The summed E-state index contributed by atoms with van der Waals surface area (Å²) in [6, 6.07) is 60.5. The number of aromatic nitrogens is 2. The fourth-order valence-corrected chi connectivity index (χ4v) is 6.72. The zero-order valence-corrected chi connectivity index (χ0v) is 30.3. The second-order valence-corrected chi connectivity index (χ2v) is 13.8. The summed E-state index contributed by atoms with van der Waals surface area (Å²) in [5, 5.41) is 0. The summed E-state index contributed by atoms with van der Waals surface area (Å²) in [5.41, 5.74) is 19.2. The minimum absolute atomic E-state index is 0.835. The van der Waals surface area contributed by atoms with Gasteiger partial charge in [0.2, 0.25) is 0 Å². The van der Waals surface area contributed by atoms with Crippen LogP contribution in [0.5, 0.6) is 0 Å². The van der Waals surface area contributed by atoms with E-state index in [1.165, 1.54) is 33.4 Å². The fourth-order valence-electron chi connectivity index (χ4n) is 6.72. The van der Waals surface area contributed by atoms with Crippen molar-refractivity contribution in [3.8, 4) is 78.4 Å². The van der Waals surface area contributed by atoms with Gasteiger partial charge in [-0.15, -0.1) is 0 Å². The Morgan fingerprint density at radius 3 is 0.698 bits per heavy atom. The molecule has 0 saturated heterocycles. The van der Waals surface area contributed by atoms with E-state index in [0.29, 0.717) is 0 Å². The highest BCUT2D eigenvalue weighted by molar-refractivity contribution is 5.88. The molecule has 0 bridgehead atoms. The first kappa shape index (κ1) is 33.5. The lowest BCUT2D eigenvalue weighted by molar-refractivity contribution is 1.21. The van der Waals surface area contributed by atoms with Crippen LogP contribution in [0, 0.1) is 20.8 Å². The minimum atomic E-state index is 0.835. The topological polar surface area (TPSA) is 25.8 Å². The maximum absolute atomic E-state index is 5.54. The molecule has 2 nitrogen and oxygen atoms in total.